The molecule has 0 aromatic heterocycles. The van der Waals surface area contributed by atoms with E-state index in [9.17, 15) is 13.2 Å². The van der Waals surface area contributed by atoms with Crippen molar-refractivity contribution in [1.82, 2.24) is 4.31 Å². The minimum absolute atomic E-state index is 0.0602. The van der Waals surface area contributed by atoms with E-state index in [-0.39, 0.29) is 11.4 Å². The van der Waals surface area contributed by atoms with Gasteiger partial charge in [0.1, 0.15) is 0 Å². The Bertz CT molecular complexity index is 604. The molecule has 1 aromatic carbocycles. The van der Waals surface area contributed by atoms with E-state index in [4.69, 9.17) is 5.11 Å². The van der Waals surface area contributed by atoms with Gasteiger partial charge in [0.05, 0.1) is 10.8 Å². The van der Waals surface area contributed by atoms with Gasteiger partial charge in [-0.05, 0) is 49.9 Å². The molecule has 1 fully saturated rings. The lowest BCUT2D eigenvalue weighted by molar-refractivity contribution is -0.142. The van der Waals surface area contributed by atoms with Crippen LogP contribution in [0.15, 0.2) is 23.1 Å². The summed E-state index contributed by atoms with van der Waals surface area (Å²) in [4.78, 5) is 11.3. The molecule has 6 heteroatoms. The highest BCUT2D eigenvalue weighted by molar-refractivity contribution is 7.89. The molecule has 0 radical (unpaired) electrons. The second-order valence-electron chi connectivity index (χ2n) is 5.36. The van der Waals surface area contributed by atoms with Crippen molar-refractivity contribution in [2.75, 3.05) is 13.1 Å². The second kappa shape index (κ2) is 5.54. The van der Waals surface area contributed by atoms with Crippen LogP contribution in [0.2, 0.25) is 0 Å². The number of hydrogen-bond acceptors (Lipinski definition) is 3. The van der Waals surface area contributed by atoms with Gasteiger partial charge in [0, 0.05) is 13.1 Å². The molecule has 0 saturated carbocycles. The average molecular weight is 297 g/mol. The Hall–Kier alpha value is -1.40. The molecule has 0 spiro atoms. The third-order valence-corrected chi connectivity index (χ3v) is 5.41. The van der Waals surface area contributed by atoms with Crippen LogP contribution in [0.1, 0.15) is 24.0 Å². The third kappa shape index (κ3) is 3.02. The molecule has 1 aliphatic rings. The number of aryl methyl sites for hydroxylation is 2. The van der Waals surface area contributed by atoms with Gasteiger partial charge in [-0.25, -0.2) is 8.42 Å². The van der Waals surface area contributed by atoms with Crippen molar-refractivity contribution >= 4 is 16.0 Å². The number of sulfonamides is 1. The smallest absolute Gasteiger partial charge is 0.307 e. The van der Waals surface area contributed by atoms with Gasteiger partial charge < -0.3 is 5.11 Å². The number of piperidine rings is 1. The molecule has 1 aliphatic heterocycles. The summed E-state index contributed by atoms with van der Waals surface area (Å²) in [7, 11) is -3.60. The van der Waals surface area contributed by atoms with Crippen molar-refractivity contribution in [3.63, 3.8) is 0 Å². The Morgan fingerprint density at radius 2 is 1.85 bits per heavy atom. The Kier molecular flexibility index (Phi) is 4.15. The molecule has 2 rings (SSSR count). The SMILES string of the molecule is Cc1cc(C)cc(S(=O)(=O)N2CCC[C@H](C(=O)O)C2)c1. The van der Waals surface area contributed by atoms with Crippen LogP contribution in [0.5, 0.6) is 0 Å². The van der Waals surface area contributed by atoms with E-state index < -0.39 is 21.9 Å². The lowest BCUT2D eigenvalue weighted by Gasteiger charge is -2.30. The van der Waals surface area contributed by atoms with E-state index in [1.165, 1.54) is 4.31 Å². The molecule has 0 amide bonds. The van der Waals surface area contributed by atoms with Crippen LogP contribution >= 0.6 is 0 Å². The molecular formula is C14H19NO4S. The molecule has 1 aromatic rings. The van der Waals surface area contributed by atoms with Gasteiger partial charge in [0.25, 0.3) is 0 Å². The van der Waals surface area contributed by atoms with Crippen molar-refractivity contribution in [2.45, 2.75) is 31.6 Å². The Morgan fingerprint density at radius 3 is 2.40 bits per heavy atom. The minimum atomic E-state index is -3.60. The molecule has 1 N–H and O–H groups in total. The van der Waals surface area contributed by atoms with E-state index in [0.29, 0.717) is 19.4 Å². The number of carboxylic acids is 1. The Balaban J connectivity index is 2.32. The molecule has 110 valence electrons. The van der Waals surface area contributed by atoms with Crippen molar-refractivity contribution < 1.29 is 18.3 Å². The predicted molar refractivity (Wildman–Crippen MR) is 75.0 cm³/mol. The summed E-state index contributed by atoms with van der Waals surface area (Å²) in [5.41, 5.74) is 1.77. The van der Waals surface area contributed by atoms with Gasteiger partial charge >= 0.3 is 5.97 Å². The number of carboxylic acid groups (broad SMARTS) is 1. The highest BCUT2D eigenvalue weighted by Crippen LogP contribution is 2.25. The first kappa shape index (κ1) is 15.0. The molecule has 0 aliphatic carbocycles. The van der Waals surface area contributed by atoms with Crippen molar-refractivity contribution in [2.24, 2.45) is 5.92 Å². The van der Waals surface area contributed by atoms with Crippen LogP contribution in [0.4, 0.5) is 0 Å². The maximum absolute atomic E-state index is 12.6. The van der Waals surface area contributed by atoms with Crippen molar-refractivity contribution in [3.05, 3.63) is 29.3 Å². The van der Waals surface area contributed by atoms with Gasteiger partial charge in [0.2, 0.25) is 10.0 Å². The zero-order chi connectivity index (χ0) is 14.9. The minimum Gasteiger partial charge on any atom is -0.481 e. The van der Waals surface area contributed by atoms with Gasteiger partial charge in [0.15, 0.2) is 0 Å². The van der Waals surface area contributed by atoms with E-state index in [1.807, 2.05) is 19.9 Å². The molecule has 1 atom stereocenters. The number of aliphatic carboxylic acids is 1. The first-order valence-electron chi connectivity index (χ1n) is 6.62. The van der Waals surface area contributed by atoms with Gasteiger partial charge in [-0.15, -0.1) is 0 Å². The average Bonchev–Trinajstić information content (AvgIpc) is 2.37. The molecule has 1 saturated heterocycles. The van der Waals surface area contributed by atoms with Crippen LogP contribution in [0.25, 0.3) is 0 Å². The lowest BCUT2D eigenvalue weighted by atomic mass is 10.0. The molecular weight excluding hydrogens is 278 g/mol. The Labute approximate surface area is 119 Å². The van der Waals surface area contributed by atoms with Crippen molar-refractivity contribution in [1.29, 1.82) is 0 Å². The monoisotopic (exact) mass is 297 g/mol. The molecule has 0 bridgehead atoms. The standard InChI is InChI=1S/C14H19NO4S/c1-10-6-11(2)8-13(7-10)20(18,19)15-5-3-4-12(9-15)14(16)17/h6-8,12H,3-5,9H2,1-2H3,(H,16,17)/t12-/m0/s1. The number of nitrogens with zero attached hydrogens (tertiary/aromatic N) is 1. The zero-order valence-corrected chi connectivity index (χ0v) is 12.5. The quantitative estimate of drug-likeness (QED) is 0.923. The highest BCUT2D eigenvalue weighted by atomic mass is 32.2. The van der Waals surface area contributed by atoms with Crippen LogP contribution < -0.4 is 0 Å². The largest absolute Gasteiger partial charge is 0.481 e. The topological polar surface area (TPSA) is 74.7 Å². The first-order valence-corrected chi connectivity index (χ1v) is 8.06. The fourth-order valence-corrected chi connectivity index (χ4v) is 4.31. The van der Waals surface area contributed by atoms with Gasteiger partial charge in [-0.3, -0.25) is 4.79 Å². The molecule has 1 heterocycles. The number of benzene rings is 1. The fourth-order valence-electron chi connectivity index (χ4n) is 2.59. The van der Waals surface area contributed by atoms with Crippen LogP contribution in [-0.2, 0) is 14.8 Å². The molecule has 20 heavy (non-hydrogen) atoms. The van der Waals surface area contributed by atoms with Gasteiger partial charge in [-0.2, -0.15) is 4.31 Å². The second-order valence-corrected chi connectivity index (χ2v) is 7.30. The molecule has 0 unspecified atom stereocenters. The van der Waals surface area contributed by atoms with Gasteiger partial charge in [-0.1, -0.05) is 6.07 Å². The number of carbonyl (C=O) groups is 1. The summed E-state index contributed by atoms with van der Waals surface area (Å²) < 4.78 is 26.5. The maximum atomic E-state index is 12.6. The van der Waals surface area contributed by atoms with E-state index in [0.717, 1.165) is 11.1 Å². The summed E-state index contributed by atoms with van der Waals surface area (Å²) in [5.74, 6) is -1.53. The third-order valence-electron chi connectivity index (χ3n) is 3.57. The van der Waals surface area contributed by atoms with Crippen LogP contribution in [0.3, 0.4) is 0 Å². The Morgan fingerprint density at radius 1 is 1.25 bits per heavy atom. The van der Waals surface area contributed by atoms with Crippen molar-refractivity contribution in [3.8, 4) is 0 Å². The lowest BCUT2D eigenvalue weighted by Crippen LogP contribution is -2.42. The maximum Gasteiger partial charge on any atom is 0.307 e. The van der Waals surface area contributed by atoms with E-state index >= 15 is 0 Å². The van der Waals surface area contributed by atoms with E-state index in [2.05, 4.69) is 0 Å². The first-order chi connectivity index (χ1) is 9.30. The highest BCUT2D eigenvalue weighted by Gasteiger charge is 2.33. The normalized spacial score (nSPS) is 20.8. The summed E-state index contributed by atoms with van der Waals surface area (Å²) in [6.07, 6.45) is 1.12. The number of rotatable bonds is 3. The van der Waals surface area contributed by atoms with Crippen LogP contribution in [-0.4, -0.2) is 36.9 Å². The summed E-state index contributed by atoms with van der Waals surface area (Å²) in [6, 6.07) is 5.18. The predicted octanol–water partition coefficient (Wildman–Crippen LogP) is 1.79. The van der Waals surface area contributed by atoms with E-state index in [1.54, 1.807) is 12.1 Å². The summed E-state index contributed by atoms with van der Waals surface area (Å²) in [5, 5.41) is 9.06. The summed E-state index contributed by atoms with van der Waals surface area (Å²) >= 11 is 0. The van der Waals surface area contributed by atoms with Crippen LogP contribution in [0, 0.1) is 19.8 Å². The molecule has 5 nitrogen and oxygen atoms in total. The number of hydrogen-bond donors (Lipinski definition) is 1. The fraction of sp³-hybridized carbons (Fsp3) is 0.500. The summed E-state index contributed by atoms with van der Waals surface area (Å²) in [6.45, 7) is 4.15. The zero-order valence-electron chi connectivity index (χ0n) is 11.7.